The van der Waals surface area contributed by atoms with E-state index < -0.39 is 29.2 Å². The average molecular weight is 557 g/mol. The van der Waals surface area contributed by atoms with Crippen LogP contribution in [-0.4, -0.2) is 67.9 Å². The Morgan fingerprint density at radius 3 is 2.86 bits per heavy atom. The maximum atomic E-state index is 12.9. The maximum absolute atomic E-state index is 12.9. The smallest absolute Gasteiger partial charge is 0.543 e. The third-order valence-electron chi connectivity index (χ3n) is 5.04. The number of anilines is 1. The Balaban J connectivity index is 0.00000361. The van der Waals surface area contributed by atoms with Crippen LogP contribution in [0.5, 0.6) is 0 Å². The summed E-state index contributed by atoms with van der Waals surface area (Å²) in [5, 5.41) is 19.6. The Morgan fingerprint density at radius 1 is 1.42 bits per heavy atom. The van der Waals surface area contributed by atoms with E-state index in [4.69, 9.17) is 10.6 Å². The molecule has 1 saturated heterocycles. The monoisotopic (exact) mass is 556 g/mol. The Bertz CT molecular complexity index is 1190. The molecule has 15 heteroatoms. The number of hydrogen-bond donors (Lipinski definition) is 2. The number of nitrogen functional groups attached to an aromatic ring is 1. The summed E-state index contributed by atoms with van der Waals surface area (Å²) >= 11 is 3.87. The molecule has 2 aromatic heterocycles. The second-order valence-corrected chi connectivity index (χ2v) is 10.5. The van der Waals surface area contributed by atoms with Gasteiger partial charge in [0.15, 0.2) is 10.8 Å². The first-order chi connectivity index (χ1) is 16.9. The number of aliphatic carboxylic acids is 1. The zero-order valence-electron chi connectivity index (χ0n) is 19.5. The fourth-order valence-corrected chi connectivity index (χ4v) is 6.61. The summed E-state index contributed by atoms with van der Waals surface area (Å²) in [5.41, 5.74) is 6.51. The topological polar surface area (TPSA) is 163 Å². The molecule has 4 rings (SSSR count). The molecule has 1 fully saturated rings. The Hall–Kier alpha value is -2.10. The second kappa shape index (κ2) is 12.9. The second-order valence-electron chi connectivity index (χ2n) is 7.27. The van der Waals surface area contributed by atoms with Gasteiger partial charge in [0, 0.05) is 33.7 Å². The number of carboxylic acid groups (broad SMARTS) is 1. The summed E-state index contributed by atoms with van der Waals surface area (Å²) in [6, 6.07) is 4.69. The quantitative estimate of drug-likeness (QED) is 0.135. The van der Waals surface area contributed by atoms with Gasteiger partial charge in [-0.2, -0.15) is 0 Å². The van der Waals surface area contributed by atoms with Gasteiger partial charge in [0.2, 0.25) is 0 Å². The number of carbonyl (C=O) groups excluding carboxylic acids is 3. The van der Waals surface area contributed by atoms with Gasteiger partial charge in [-0.25, -0.2) is 4.98 Å². The molecule has 0 aliphatic carbocycles. The van der Waals surface area contributed by atoms with Crippen LogP contribution in [0, 0.1) is 0 Å². The van der Waals surface area contributed by atoms with Crippen LogP contribution in [0.15, 0.2) is 45.5 Å². The van der Waals surface area contributed by atoms with Gasteiger partial charge in [0.05, 0.1) is 11.7 Å². The number of hydrogen-bond acceptors (Lipinski definition) is 12. The van der Waals surface area contributed by atoms with Crippen molar-refractivity contribution in [3.8, 4) is 0 Å². The summed E-state index contributed by atoms with van der Waals surface area (Å²) in [6.45, 7) is 1.94. The summed E-state index contributed by atoms with van der Waals surface area (Å²) in [4.78, 5) is 52.8. The Labute approximate surface area is 241 Å². The molecule has 0 radical (unpaired) electrons. The molecule has 0 bridgehead atoms. The van der Waals surface area contributed by atoms with Gasteiger partial charge in [-0.3, -0.25) is 19.5 Å². The van der Waals surface area contributed by atoms with Gasteiger partial charge in [0.1, 0.15) is 23.7 Å². The molecule has 2 atom stereocenters. The van der Waals surface area contributed by atoms with Gasteiger partial charge in [0.25, 0.3) is 11.8 Å². The van der Waals surface area contributed by atoms with Gasteiger partial charge in [-0.15, -0.1) is 34.9 Å². The van der Waals surface area contributed by atoms with E-state index in [1.165, 1.54) is 28.4 Å². The molecule has 3 N–H and O–H groups in total. The number of carboxylic acids is 1. The molecule has 0 unspecified atom stereocenters. The first-order valence-corrected chi connectivity index (χ1v) is 13.5. The fraction of sp³-hybridized carbons (Fsp3) is 0.333. The molecule has 4 heterocycles. The van der Waals surface area contributed by atoms with Gasteiger partial charge in [-0.05, 0) is 25.5 Å². The summed E-state index contributed by atoms with van der Waals surface area (Å²) < 4.78 is 0. The van der Waals surface area contributed by atoms with Crippen LogP contribution in [0.4, 0.5) is 5.13 Å². The number of nitrogens with one attached hydrogen (secondary N) is 1. The molecule has 36 heavy (non-hydrogen) atoms. The first kappa shape index (κ1) is 28.5. The molecule has 11 nitrogen and oxygen atoms in total. The molecular weight excluding hydrogens is 535 g/mol. The Morgan fingerprint density at radius 2 is 2.22 bits per heavy atom. The largest absolute Gasteiger partial charge is 1.00 e. The number of carbonyl (C=O) groups is 3. The summed E-state index contributed by atoms with van der Waals surface area (Å²) in [5.74, 6) is -1.65. The van der Waals surface area contributed by atoms with Crippen molar-refractivity contribution in [3.63, 3.8) is 0 Å². The minimum absolute atomic E-state index is 0. The van der Waals surface area contributed by atoms with Crippen LogP contribution in [-0.2, 0) is 25.6 Å². The van der Waals surface area contributed by atoms with Crippen molar-refractivity contribution in [3.05, 3.63) is 51.8 Å². The van der Waals surface area contributed by atoms with Gasteiger partial charge >= 0.3 is 29.6 Å². The van der Waals surface area contributed by atoms with Crippen LogP contribution in [0.1, 0.15) is 18.3 Å². The van der Waals surface area contributed by atoms with E-state index in [1.807, 2.05) is 18.2 Å². The van der Waals surface area contributed by atoms with Crippen molar-refractivity contribution in [2.45, 2.75) is 24.8 Å². The summed E-state index contributed by atoms with van der Waals surface area (Å²) in [7, 11) is 0. The SMILES string of the molecule is CCO/N=C(\C(=O)N[C@@H]1C(=O)N2C(C(=O)[O-])=C(SCCc3ccccn3)CS[C@H]12)c1csc(N)n1.[Na+]. The number of oxime groups is 1. The van der Waals surface area contributed by atoms with Crippen LogP contribution in [0.2, 0.25) is 0 Å². The van der Waals surface area contributed by atoms with E-state index in [0.29, 0.717) is 22.8 Å². The van der Waals surface area contributed by atoms with E-state index in [-0.39, 0.29) is 58.4 Å². The number of amides is 2. The molecule has 2 aliphatic rings. The third kappa shape index (κ3) is 6.23. The van der Waals surface area contributed by atoms with Crippen molar-refractivity contribution in [2.24, 2.45) is 5.16 Å². The van der Waals surface area contributed by atoms with Crippen molar-refractivity contribution < 1.29 is 53.9 Å². The van der Waals surface area contributed by atoms with Crippen LogP contribution in [0.25, 0.3) is 0 Å². The average Bonchev–Trinajstić information content (AvgIpc) is 3.28. The van der Waals surface area contributed by atoms with Crippen LogP contribution < -0.4 is 45.7 Å². The normalized spacial score (nSPS) is 19.2. The molecule has 0 aromatic carbocycles. The molecule has 2 amide bonds. The van der Waals surface area contributed by atoms with E-state index >= 15 is 0 Å². The van der Waals surface area contributed by atoms with Gasteiger partial charge in [-0.1, -0.05) is 11.2 Å². The maximum Gasteiger partial charge on any atom is 1.00 e. The molecule has 184 valence electrons. The number of β-lactam (4-membered cyclic amide) rings is 1. The molecule has 2 aromatic rings. The molecule has 0 spiro atoms. The van der Waals surface area contributed by atoms with Crippen molar-refractivity contribution in [1.82, 2.24) is 20.2 Å². The number of rotatable bonds is 10. The number of nitrogens with zero attached hydrogens (tertiary/aromatic N) is 4. The van der Waals surface area contributed by atoms with Gasteiger partial charge < -0.3 is 25.8 Å². The Kier molecular flexibility index (Phi) is 10.2. The number of aromatic nitrogens is 2. The zero-order chi connectivity index (χ0) is 24.9. The van der Waals surface area contributed by atoms with Crippen LogP contribution >= 0.6 is 34.9 Å². The minimum atomic E-state index is -1.43. The number of pyridine rings is 1. The zero-order valence-corrected chi connectivity index (χ0v) is 24.0. The number of thiazole rings is 1. The first-order valence-electron chi connectivity index (χ1n) is 10.5. The van der Waals surface area contributed by atoms with Crippen LogP contribution in [0.3, 0.4) is 0 Å². The third-order valence-corrected chi connectivity index (χ3v) is 8.27. The number of fused-ring (bicyclic) bond motifs is 1. The van der Waals surface area contributed by atoms with E-state index in [1.54, 1.807) is 18.5 Å². The number of nitrogens with two attached hydrogens (primary N) is 1. The van der Waals surface area contributed by atoms with Crippen molar-refractivity contribution in [2.75, 3.05) is 23.8 Å². The fourth-order valence-electron chi connectivity index (χ4n) is 3.46. The molecule has 2 aliphatic heterocycles. The minimum Gasteiger partial charge on any atom is -0.543 e. The predicted octanol–water partition coefficient (Wildman–Crippen LogP) is -2.80. The molecule has 0 saturated carbocycles. The van der Waals surface area contributed by atoms with Crippen molar-refractivity contribution in [1.29, 1.82) is 0 Å². The summed E-state index contributed by atoms with van der Waals surface area (Å²) in [6.07, 6.45) is 2.35. The van der Waals surface area contributed by atoms with Crippen molar-refractivity contribution >= 4 is 63.5 Å². The van der Waals surface area contributed by atoms with E-state index in [9.17, 15) is 19.5 Å². The van der Waals surface area contributed by atoms with E-state index in [0.717, 1.165) is 17.0 Å². The predicted molar refractivity (Wildman–Crippen MR) is 132 cm³/mol. The van der Waals surface area contributed by atoms with E-state index in [2.05, 4.69) is 20.4 Å². The number of thioether (sulfide) groups is 2. The number of aryl methyl sites for hydroxylation is 1. The molecular formula is C21H21N6NaO5S3. The standard InChI is InChI=1S/C21H22N6O5S3.Na/c1-2-32-26-14(12-9-35-21(22)24-12)17(28)25-15-18(29)27-16(20(30)31)13(10-34-19(15)27)33-8-6-11-5-3-4-7-23-11;/h3-5,7,9,15,19H,2,6,8,10H2,1H3,(H2,22,24)(H,25,28)(H,30,31);/q;+1/p-1/b26-14-;/t15-,19-;/m1./s1.